The maximum absolute atomic E-state index is 12.1. The molecule has 0 spiro atoms. The molecule has 0 saturated carbocycles. The molecule has 2 aromatic heterocycles. The molecule has 0 aliphatic carbocycles. The van der Waals surface area contributed by atoms with E-state index in [2.05, 4.69) is 15.2 Å². The third-order valence-corrected chi connectivity index (χ3v) is 1.97. The van der Waals surface area contributed by atoms with Crippen molar-refractivity contribution < 1.29 is 13.2 Å². The number of nitrogens with two attached hydrogens (primary N) is 1. The van der Waals surface area contributed by atoms with Gasteiger partial charge >= 0.3 is 6.18 Å². The van der Waals surface area contributed by atoms with Gasteiger partial charge in [0.2, 0.25) is 0 Å². The van der Waals surface area contributed by atoms with E-state index in [1.165, 1.54) is 6.20 Å². The number of halogens is 3. The molecule has 0 aliphatic heterocycles. The van der Waals surface area contributed by atoms with Gasteiger partial charge in [-0.1, -0.05) is 0 Å². The van der Waals surface area contributed by atoms with Crippen LogP contribution in [0.5, 0.6) is 0 Å². The lowest BCUT2D eigenvalue weighted by molar-refractivity contribution is -0.127. The summed E-state index contributed by atoms with van der Waals surface area (Å²) in [5.74, 6) is 0. The summed E-state index contributed by atoms with van der Waals surface area (Å²) in [5.41, 5.74) is 6.25. The average Bonchev–Trinajstić information content (AvgIpc) is 2.56. The highest BCUT2D eigenvalue weighted by Crippen LogP contribution is 2.27. The fourth-order valence-electron chi connectivity index (χ4n) is 1.31. The molecule has 0 aromatic carbocycles. The van der Waals surface area contributed by atoms with Gasteiger partial charge in [0.1, 0.15) is 11.0 Å². The van der Waals surface area contributed by atoms with Crippen molar-refractivity contribution in [2.24, 2.45) is 0 Å². The Balaban J connectivity index is 2.48. The molecule has 0 unspecified atom stereocenters. The van der Waals surface area contributed by atoms with Crippen LogP contribution in [0, 0.1) is 0 Å². The number of aromatic nitrogens is 3. The third kappa shape index (κ3) is 1.85. The SMILES string of the molecule is Nc1c(CC(F)(F)F)cnc2c[nH]nc12. The lowest BCUT2D eigenvalue weighted by Gasteiger charge is -2.08. The molecule has 0 amide bonds. The standard InChI is InChI=1S/C8H7F3N4/c9-8(10,11)1-4-2-13-5-3-14-15-7(5)6(4)12/h2-3H,1H2,(H2,12,13)(H,14,15). The fraction of sp³-hybridized carbons (Fsp3) is 0.250. The van der Waals surface area contributed by atoms with Crippen molar-refractivity contribution in [3.63, 3.8) is 0 Å². The van der Waals surface area contributed by atoms with Crippen LogP contribution in [-0.4, -0.2) is 21.4 Å². The minimum absolute atomic E-state index is 0.0265. The highest BCUT2D eigenvalue weighted by Gasteiger charge is 2.29. The quantitative estimate of drug-likeness (QED) is 0.761. The van der Waals surface area contributed by atoms with Crippen LogP contribution >= 0.6 is 0 Å². The number of nitrogen functional groups attached to an aromatic ring is 1. The number of alkyl halides is 3. The van der Waals surface area contributed by atoms with Crippen LogP contribution in [-0.2, 0) is 6.42 Å². The number of nitrogens with zero attached hydrogens (tertiary/aromatic N) is 2. The van der Waals surface area contributed by atoms with Crippen molar-refractivity contribution in [3.8, 4) is 0 Å². The lowest BCUT2D eigenvalue weighted by atomic mass is 10.1. The van der Waals surface area contributed by atoms with Crippen molar-refractivity contribution in [2.75, 3.05) is 5.73 Å². The van der Waals surface area contributed by atoms with Gasteiger partial charge in [-0.25, -0.2) is 0 Å². The number of hydrogen-bond acceptors (Lipinski definition) is 3. The zero-order valence-electron chi connectivity index (χ0n) is 7.47. The van der Waals surface area contributed by atoms with Crippen molar-refractivity contribution in [2.45, 2.75) is 12.6 Å². The second-order valence-electron chi connectivity index (χ2n) is 3.11. The van der Waals surface area contributed by atoms with Crippen LogP contribution in [0.1, 0.15) is 5.56 Å². The summed E-state index contributed by atoms with van der Waals surface area (Å²) in [7, 11) is 0. The molecule has 0 fully saturated rings. The highest BCUT2D eigenvalue weighted by atomic mass is 19.4. The van der Waals surface area contributed by atoms with Gasteiger partial charge in [0.25, 0.3) is 0 Å². The van der Waals surface area contributed by atoms with E-state index in [0.29, 0.717) is 5.52 Å². The number of hydrogen-bond donors (Lipinski definition) is 2. The minimum Gasteiger partial charge on any atom is -0.397 e. The topological polar surface area (TPSA) is 67.6 Å². The summed E-state index contributed by atoms with van der Waals surface area (Å²) in [6.45, 7) is 0. The number of pyridine rings is 1. The van der Waals surface area contributed by atoms with Gasteiger partial charge in [0.15, 0.2) is 0 Å². The summed E-state index contributed by atoms with van der Waals surface area (Å²) in [5, 5.41) is 6.22. The fourth-order valence-corrected chi connectivity index (χ4v) is 1.31. The maximum atomic E-state index is 12.1. The zero-order valence-corrected chi connectivity index (χ0v) is 7.47. The number of aromatic amines is 1. The molecule has 7 heteroatoms. The molecular formula is C8H7F3N4. The number of rotatable bonds is 1. The summed E-state index contributed by atoms with van der Waals surface area (Å²) in [6.07, 6.45) is -2.78. The molecule has 0 atom stereocenters. The summed E-state index contributed by atoms with van der Waals surface area (Å²) in [6, 6.07) is 0. The number of H-pyrrole nitrogens is 1. The van der Waals surface area contributed by atoms with E-state index in [0.717, 1.165) is 6.20 Å². The molecule has 0 radical (unpaired) electrons. The van der Waals surface area contributed by atoms with Crippen molar-refractivity contribution in [3.05, 3.63) is 18.0 Å². The van der Waals surface area contributed by atoms with Gasteiger partial charge in [-0.2, -0.15) is 18.3 Å². The molecule has 0 bridgehead atoms. The Morgan fingerprint density at radius 2 is 2.13 bits per heavy atom. The van der Waals surface area contributed by atoms with E-state index in [9.17, 15) is 13.2 Å². The van der Waals surface area contributed by atoms with Crippen LogP contribution in [0.4, 0.5) is 18.9 Å². The van der Waals surface area contributed by atoms with Crippen LogP contribution in [0.2, 0.25) is 0 Å². The van der Waals surface area contributed by atoms with E-state index >= 15 is 0 Å². The second-order valence-corrected chi connectivity index (χ2v) is 3.11. The second kappa shape index (κ2) is 3.11. The summed E-state index contributed by atoms with van der Waals surface area (Å²) in [4.78, 5) is 3.81. The first-order chi connectivity index (χ1) is 6.97. The van der Waals surface area contributed by atoms with E-state index in [1.54, 1.807) is 0 Å². The van der Waals surface area contributed by atoms with Crippen LogP contribution in [0.3, 0.4) is 0 Å². The molecule has 15 heavy (non-hydrogen) atoms. The van der Waals surface area contributed by atoms with E-state index in [1.807, 2.05) is 0 Å². The molecule has 80 valence electrons. The molecule has 0 saturated heterocycles. The predicted molar refractivity (Wildman–Crippen MR) is 48.1 cm³/mol. The molecule has 2 heterocycles. The van der Waals surface area contributed by atoms with Gasteiger partial charge in [0.05, 0.1) is 12.1 Å². The van der Waals surface area contributed by atoms with Gasteiger partial charge in [-0.15, -0.1) is 0 Å². The van der Waals surface area contributed by atoms with Gasteiger partial charge in [0, 0.05) is 18.0 Å². The van der Waals surface area contributed by atoms with Crippen molar-refractivity contribution in [1.29, 1.82) is 0 Å². The summed E-state index contributed by atoms with van der Waals surface area (Å²) < 4.78 is 36.4. The van der Waals surface area contributed by atoms with Gasteiger partial charge in [-0.3, -0.25) is 10.1 Å². The monoisotopic (exact) mass is 216 g/mol. The Morgan fingerprint density at radius 3 is 2.80 bits per heavy atom. The minimum atomic E-state index is -4.29. The van der Waals surface area contributed by atoms with E-state index in [-0.39, 0.29) is 16.8 Å². The maximum Gasteiger partial charge on any atom is 0.393 e. The Morgan fingerprint density at radius 1 is 1.40 bits per heavy atom. The predicted octanol–water partition coefficient (Wildman–Crippen LogP) is 1.64. The van der Waals surface area contributed by atoms with E-state index in [4.69, 9.17) is 5.73 Å². The number of anilines is 1. The Kier molecular flexibility index (Phi) is 2.02. The van der Waals surface area contributed by atoms with Crippen molar-refractivity contribution in [1.82, 2.24) is 15.2 Å². The molecule has 0 aliphatic rings. The normalized spacial score (nSPS) is 12.2. The third-order valence-electron chi connectivity index (χ3n) is 1.97. The highest BCUT2D eigenvalue weighted by molar-refractivity contribution is 5.87. The van der Waals surface area contributed by atoms with E-state index < -0.39 is 12.6 Å². The first-order valence-electron chi connectivity index (χ1n) is 4.11. The molecule has 2 rings (SSSR count). The Hall–Kier alpha value is -1.79. The lowest BCUT2D eigenvalue weighted by Crippen LogP contribution is -2.13. The van der Waals surface area contributed by atoms with Gasteiger partial charge in [-0.05, 0) is 0 Å². The van der Waals surface area contributed by atoms with Crippen LogP contribution < -0.4 is 5.73 Å². The largest absolute Gasteiger partial charge is 0.397 e. The van der Waals surface area contributed by atoms with Crippen LogP contribution in [0.15, 0.2) is 12.4 Å². The average molecular weight is 216 g/mol. The Bertz CT molecular complexity index is 488. The Labute approximate surface area is 82.3 Å². The smallest absolute Gasteiger partial charge is 0.393 e. The zero-order chi connectivity index (χ0) is 11.1. The van der Waals surface area contributed by atoms with Gasteiger partial charge < -0.3 is 5.73 Å². The molecule has 3 N–H and O–H groups in total. The number of nitrogens with one attached hydrogen (secondary N) is 1. The molecule has 2 aromatic rings. The van der Waals surface area contributed by atoms with Crippen LogP contribution in [0.25, 0.3) is 11.0 Å². The van der Waals surface area contributed by atoms with Crippen molar-refractivity contribution >= 4 is 16.7 Å². The first kappa shape index (κ1) is 9.75. The summed E-state index contributed by atoms with van der Waals surface area (Å²) >= 11 is 0. The first-order valence-corrected chi connectivity index (χ1v) is 4.11. The number of fused-ring (bicyclic) bond motifs is 1. The molecular weight excluding hydrogens is 209 g/mol. The molecule has 4 nitrogen and oxygen atoms in total.